The minimum absolute atomic E-state index is 0.105. The highest BCUT2D eigenvalue weighted by molar-refractivity contribution is 7.91. The molecule has 0 saturated carbocycles. The highest BCUT2D eigenvalue weighted by Gasteiger charge is 2.27. The SMILES string of the molecule is CC(C)c1ccc(C(C)(C)c2ccc(C(C)(C)c3ccc(Oc4ccc(S(=O)(=O)c5ccc(OC(C)(C)C)cc5)cc4)cc3)cc2)cc1. The van der Waals surface area contributed by atoms with Crippen LogP contribution in [0.25, 0.3) is 0 Å². The van der Waals surface area contributed by atoms with Crippen molar-refractivity contribution in [3.05, 3.63) is 149 Å². The second-order valence-corrected chi connectivity index (χ2v) is 16.8. The highest BCUT2D eigenvalue weighted by atomic mass is 32.2. The Morgan fingerprint density at radius 3 is 1.12 bits per heavy atom. The molecule has 0 aromatic heterocycles. The standard InChI is InChI=1S/C43H48O4S/c1-30(2)31-10-12-32(13-11-31)42(6,7)33-14-16-34(17-15-33)43(8,9)35-18-20-36(21-19-35)46-37-22-26-39(27-23-37)48(44,45)40-28-24-38(25-29-40)47-41(3,4)5/h10-30H,1-9H3. The van der Waals surface area contributed by atoms with E-state index in [1.54, 1.807) is 48.5 Å². The van der Waals surface area contributed by atoms with Gasteiger partial charge < -0.3 is 9.47 Å². The molecule has 0 aliphatic carbocycles. The van der Waals surface area contributed by atoms with Gasteiger partial charge in [-0.2, -0.15) is 0 Å². The fourth-order valence-electron chi connectivity index (χ4n) is 5.86. The van der Waals surface area contributed by atoms with Crippen molar-refractivity contribution in [1.82, 2.24) is 0 Å². The molecule has 0 atom stereocenters. The summed E-state index contributed by atoms with van der Waals surface area (Å²) in [5.41, 5.74) is 5.67. The third kappa shape index (κ3) is 7.68. The Balaban J connectivity index is 1.25. The van der Waals surface area contributed by atoms with E-state index in [2.05, 4.69) is 102 Å². The van der Waals surface area contributed by atoms with Gasteiger partial charge in [-0.15, -0.1) is 0 Å². The van der Waals surface area contributed by atoms with Gasteiger partial charge in [0.2, 0.25) is 9.84 Å². The molecule has 0 radical (unpaired) electrons. The van der Waals surface area contributed by atoms with E-state index in [9.17, 15) is 8.42 Å². The van der Waals surface area contributed by atoms with Crippen molar-refractivity contribution >= 4 is 9.84 Å². The van der Waals surface area contributed by atoms with Crippen LogP contribution in [0.3, 0.4) is 0 Å². The van der Waals surface area contributed by atoms with Crippen molar-refractivity contribution in [3.63, 3.8) is 0 Å². The third-order valence-electron chi connectivity index (χ3n) is 9.13. The smallest absolute Gasteiger partial charge is 0.206 e. The van der Waals surface area contributed by atoms with Gasteiger partial charge in [0, 0.05) is 10.8 Å². The molecule has 0 heterocycles. The van der Waals surface area contributed by atoms with Crippen LogP contribution >= 0.6 is 0 Å². The zero-order chi connectivity index (χ0) is 34.9. The first-order valence-electron chi connectivity index (χ1n) is 16.6. The maximum absolute atomic E-state index is 13.2. The second kappa shape index (κ2) is 13.3. The number of rotatable bonds is 10. The number of hydrogen-bond donors (Lipinski definition) is 0. The summed E-state index contributed by atoms with van der Waals surface area (Å²) in [5, 5.41) is 0. The fourth-order valence-corrected chi connectivity index (χ4v) is 7.12. The summed E-state index contributed by atoms with van der Waals surface area (Å²) in [7, 11) is -3.68. The molecule has 0 spiro atoms. The molecule has 5 heteroatoms. The van der Waals surface area contributed by atoms with Gasteiger partial charge in [0.15, 0.2) is 0 Å². The van der Waals surface area contributed by atoms with Gasteiger partial charge in [-0.25, -0.2) is 8.42 Å². The molecule has 5 rings (SSSR count). The average Bonchev–Trinajstić information content (AvgIpc) is 3.05. The number of benzene rings is 5. The molecule has 5 aromatic carbocycles. The van der Waals surface area contributed by atoms with Crippen LogP contribution in [-0.2, 0) is 20.7 Å². The van der Waals surface area contributed by atoms with Crippen LogP contribution in [-0.4, -0.2) is 14.0 Å². The summed E-state index contributed by atoms with van der Waals surface area (Å²) in [5.74, 6) is 2.39. The molecule has 0 fully saturated rings. The third-order valence-corrected chi connectivity index (χ3v) is 10.9. The summed E-state index contributed by atoms with van der Waals surface area (Å²) in [4.78, 5) is 0.417. The average molecular weight is 661 g/mol. The van der Waals surface area contributed by atoms with Crippen LogP contribution in [0.2, 0.25) is 0 Å². The largest absolute Gasteiger partial charge is 0.488 e. The quantitative estimate of drug-likeness (QED) is 0.150. The summed E-state index contributed by atoms with van der Waals surface area (Å²) >= 11 is 0. The fraction of sp³-hybridized carbons (Fsp3) is 0.302. The minimum atomic E-state index is -3.68. The Kier molecular flexibility index (Phi) is 9.67. The van der Waals surface area contributed by atoms with Gasteiger partial charge in [0.05, 0.1) is 9.79 Å². The number of sulfone groups is 1. The van der Waals surface area contributed by atoms with Gasteiger partial charge >= 0.3 is 0 Å². The van der Waals surface area contributed by atoms with Gasteiger partial charge in [-0.1, -0.05) is 102 Å². The van der Waals surface area contributed by atoms with Gasteiger partial charge in [-0.3, -0.25) is 0 Å². The highest BCUT2D eigenvalue weighted by Crippen LogP contribution is 2.37. The molecule has 0 aliphatic rings. The van der Waals surface area contributed by atoms with Crippen molar-refractivity contribution in [3.8, 4) is 17.2 Å². The molecular weight excluding hydrogens is 613 g/mol. The van der Waals surface area contributed by atoms with E-state index in [0.29, 0.717) is 23.2 Å². The summed E-state index contributed by atoms with van der Waals surface area (Å²) in [6.45, 7) is 19.3. The molecule has 0 saturated heterocycles. The van der Waals surface area contributed by atoms with E-state index in [0.717, 1.165) is 0 Å². The monoisotopic (exact) mass is 660 g/mol. The van der Waals surface area contributed by atoms with Crippen molar-refractivity contribution in [2.75, 3.05) is 0 Å². The van der Waals surface area contributed by atoms with Crippen LogP contribution in [0.1, 0.15) is 96.0 Å². The number of hydrogen-bond acceptors (Lipinski definition) is 4. The normalized spacial score (nSPS) is 12.6. The predicted octanol–water partition coefficient (Wildman–Crippen LogP) is 11.3. The Hall–Kier alpha value is -4.35. The van der Waals surface area contributed by atoms with Crippen LogP contribution < -0.4 is 9.47 Å². The minimum Gasteiger partial charge on any atom is -0.488 e. The summed E-state index contributed by atoms with van der Waals surface area (Å²) in [6, 6.07) is 39.2. The molecule has 250 valence electrons. The first kappa shape index (κ1) is 35.0. The summed E-state index contributed by atoms with van der Waals surface area (Å²) < 4.78 is 38.4. The van der Waals surface area contributed by atoms with Crippen LogP contribution in [0.5, 0.6) is 17.2 Å². The zero-order valence-corrected chi connectivity index (χ0v) is 30.5. The van der Waals surface area contributed by atoms with Crippen molar-refractivity contribution < 1.29 is 17.9 Å². The van der Waals surface area contributed by atoms with E-state index in [1.807, 2.05) is 32.9 Å². The van der Waals surface area contributed by atoms with Crippen LogP contribution in [0, 0.1) is 0 Å². The lowest BCUT2D eigenvalue weighted by Gasteiger charge is -2.30. The molecule has 48 heavy (non-hydrogen) atoms. The lowest BCUT2D eigenvalue weighted by atomic mass is 9.74. The Bertz CT molecular complexity index is 1930. The topological polar surface area (TPSA) is 52.6 Å². The first-order chi connectivity index (χ1) is 22.5. The molecule has 0 amide bonds. The van der Waals surface area contributed by atoms with E-state index >= 15 is 0 Å². The lowest BCUT2D eigenvalue weighted by Crippen LogP contribution is -2.22. The molecule has 5 aromatic rings. The van der Waals surface area contributed by atoms with Gasteiger partial charge in [0.25, 0.3) is 0 Å². The van der Waals surface area contributed by atoms with E-state index < -0.39 is 9.84 Å². The Morgan fingerprint density at radius 2 is 0.771 bits per heavy atom. The predicted molar refractivity (Wildman–Crippen MR) is 196 cm³/mol. The summed E-state index contributed by atoms with van der Waals surface area (Å²) in [6.07, 6.45) is 0. The van der Waals surface area contributed by atoms with Gasteiger partial charge in [0.1, 0.15) is 22.8 Å². The van der Waals surface area contributed by atoms with Gasteiger partial charge in [-0.05, 0) is 115 Å². The van der Waals surface area contributed by atoms with E-state index in [4.69, 9.17) is 9.47 Å². The van der Waals surface area contributed by atoms with E-state index in [-0.39, 0.29) is 26.2 Å². The molecule has 0 unspecified atom stereocenters. The zero-order valence-electron chi connectivity index (χ0n) is 29.7. The molecule has 0 aliphatic heterocycles. The van der Waals surface area contributed by atoms with Crippen molar-refractivity contribution in [1.29, 1.82) is 0 Å². The molecule has 4 nitrogen and oxygen atoms in total. The van der Waals surface area contributed by atoms with Crippen molar-refractivity contribution in [2.45, 2.75) is 94.5 Å². The Labute approximate surface area is 287 Å². The lowest BCUT2D eigenvalue weighted by molar-refractivity contribution is 0.131. The molecule has 0 bridgehead atoms. The molecule has 0 N–H and O–H groups in total. The van der Waals surface area contributed by atoms with Crippen molar-refractivity contribution in [2.24, 2.45) is 0 Å². The maximum atomic E-state index is 13.2. The number of ether oxygens (including phenoxy) is 2. The van der Waals surface area contributed by atoms with Crippen LogP contribution in [0.4, 0.5) is 0 Å². The molecular formula is C43H48O4S. The maximum Gasteiger partial charge on any atom is 0.206 e. The first-order valence-corrected chi connectivity index (χ1v) is 18.1. The van der Waals surface area contributed by atoms with Crippen LogP contribution in [0.15, 0.2) is 131 Å². The van der Waals surface area contributed by atoms with E-state index in [1.165, 1.54) is 27.8 Å². The Morgan fingerprint density at radius 1 is 0.458 bits per heavy atom. The second-order valence-electron chi connectivity index (χ2n) is 14.9.